The molecule has 0 saturated carbocycles. The molecule has 1 aliphatic rings. The van der Waals surface area contributed by atoms with E-state index in [1.807, 2.05) is 0 Å². The molecule has 0 N–H and O–H groups in total. The van der Waals surface area contributed by atoms with Gasteiger partial charge in [-0.2, -0.15) is 4.31 Å². The summed E-state index contributed by atoms with van der Waals surface area (Å²) in [6.45, 7) is 10.7. The molecule has 0 aromatic heterocycles. The van der Waals surface area contributed by atoms with Gasteiger partial charge in [-0.25, -0.2) is 8.42 Å². The van der Waals surface area contributed by atoms with Gasteiger partial charge in [0, 0.05) is 6.54 Å². The highest BCUT2D eigenvalue weighted by molar-refractivity contribution is 7.90. The maximum absolute atomic E-state index is 12.5. The van der Waals surface area contributed by atoms with E-state index in [1.54, 1.807) is 41.5 Å². The summed E-state index contributed by atoms with van der Waals surface area (Å²) in [5.74, 6) is -0.446. The Labute approximate surface area is 116 Å². The van der Waals surface area contributed by atoms with Crippen LogP contribution < -0.4 is 0 Å². The molecule has 1 saturated heterocycles. The Morgan fingerprint density at radius 1 is 1.16 bits per heavy atom. The first kappa shape index (κ1) is 16.4. The first-order valence-corrected chi connectivity index (χ1v) is 8.04. The lowest BCUT2D eigenvalue weighted by Gasteiger charge is -2.31. The second-order valence-electron chi connectivity index (χ2n) is 6.92. The zero-order valence-electron chi connectivity index (χ0n) is 12.7. The third-order valence-corrected chi connectivity index (χ3v) is 5.57. The lowest BCUT2D eigenvalue weighted by Crippen LogP contribution is -2.49. The van der Waals surface area contributed by atoms with Gasteiger partial charge in [0.15, 0.2) is 0 Å². The van der Waals surface area contributed by atoms with Crippen LogP contribution in [0.2, 0.25) is 0 Å². The van der Waals surface area contributed by atoms with Crippen LogP contribution >= 0.6 is 0 Å². The molecule has 1 atom stereocenters. The standard InChI is InChI=1S/C13H25NO4S/c1-12(2,3)18-11(15)10-8-7-9-14(10)19(16,17)13(4,5)6/h10H,7-9H2,1-6H3/t10-/m1/s1. The van der Waals surface area contributed by atoms with E-state index in [0.717, 1.165) is 0 Å². The van der Waals surface area contributed by atoms with Gasteiger partial charge in [-0.05, 0) is 54.4 Å². The van der Waals surface area contributed by atoms with Crippen LogP contribution in [0.5, 0.6) is 0 Å². The molecule has 0 aliphatic carbocycles. The predicted octanol–water partition coefficient (Wildman–Crippen LogP) is 1.92. The summed E-state index contributed by atoms with van der Waals surface area (Å²) in [6, 6.07) is -0.677. The Balaban J connectivity index is 2.95. The summed E-state index contributed by atoms with van der Waals surface area (Å²) in [4.78, 5) is 12.1. The summed E-state index contributed by atoms with van der Waals surface area (Å²) in [5, 5.41) is 0. The second-order valence-corrected chi connectivity index (χ2v) is 9.56. The maximum Gasteiger partial charge on any atom is 0.324 e. The van der Waals surface area contributed by atoms with Crippen molar-refractivity contribution in [2.45, 2.75) is 70.8 Å². The molecule has 6 heteroatoms. The molecule has 1 fully saturated rings. The third kappa shape index (κ3) is 3.69. The lowest BCUT2D eigenvalue weighted by molar-refractivity contribution is -0.158. The summed E-state index contributed by atoms with van der Waals surface area (Å²) < 4.78 is 30.6. The largest absolute Gasteiger partial charge is 0.459 e. The van der Waals surface area contributed by atoms with Crippen molar-refractivity contribution in [3.05, 3.63) is 0 Å². The fraction of sp³-hybridized carbons (Fsp3) is 0.923. The Hall–Kier alpha value is -0.620. The zero-order valence-corrected chi connectivity index (χ0v) is 13.5. The molecule has 1 heterocycles. The highest BCUT2D eigenvalue weighted by Crippen LogP contribution is 2.29. The van der Waals surface area contributed by atoms with E-state index < -0.39 is 32.4 Å². The molecule has 19 heavy (non-hydrogen) atoms. The van der Waals surface area contributed by atoms with Gasteiger partial charge in [-0.3, -0.25) is 4.79 Å². The number of sulfonamides is 1. The summed E-state index contributed by atoms with van der Waals surface area (Å²) >= 11 is 0. The van der Waals surface area contributed by atoms with E-state index in [0.29, 0.717) is 19.4 Å². The minimum atomic E-state index is -3.49. The van der Waals surface area contributed by atoms with Crippen LogP contribution in [0.15, 0.2) is 0 Å². The highest BCUT2D eigenvalue weighted by atomic mass is 32.2. The smallest absolute Gasteiger partial charge is 0.324 e. The molecule has 0 amide bonds. The minimum absolute atomic E-state index is 0.392. The van der Waals surface area contributed by atoms with Crippen LogP contribution in [0.4, 0.5) is 0 Å². The van der Waals surface area contributed by atoms with Gasteiger partial charge in [-0.1, -0.05) is 0 Å². The second kappa shape index (κ2) is 5.05. The van der Waals surface area contributed by atoms with Crippen molar-refractivity contribution in [1.29, 1.82) is 0 Å². The van der Waals surface area contributed by atoms with Crippen molar-refractivity contribution in [3.63, 3.8) is 0 Å². The molecule has 5 nitrogen and oxygen atoms in total. The van der Waals surface area contributed by atoms with Gasteiger partial charge in [0.05, 0.1) is 4.75 Å². The summed E-state index contributed by atoms with van der Waals surface area (Å²) in [7, 11) is -3.49. The topological polar surface area (TPSA) is 63.7 Å². The molecule has 0 radical (unpaired) electrons. The van der Waals surface area contributed by atoms with Crippen molar-refractivity contribution < 1.29 is 17.9 Å². The molecule has 0 aromatic rings. The molecule has 1 aliphatic heterocycles. The monoisotopic (exact) mass is 291 g/mol. The van der Waals surface area contributed by atoms with E-state index in [2.05, 4.69) is 0 Å². The highest BCUT2D eigenvalue weighted by Gasteiger charge is 2.45. The fourth-order valence-electron chi connectivity index (χ4n) is 1.98. The zero-order chi connectivity index (χ0) is 15.1. The Morgan fingerprint density at radius 3 is 2.11 bits per heavy atom. The first-order valence-electron chi connectivity index (χ1n) is 6.60. The number of nitrogens with zero attached hydrogens (tertiary/aromatic N) is 1. The van der Waals surface area contributed by atoms with E-state index in [1.165, 1.54) is 4.31 Å². The van der Waals surface area contributed by atoms with E-state index >= 15 is 0 Å². The Kier molecular flexibility index (Phi) is 4.37. The number of ether oxygens (including phenoxy) is 1. The van der Waals surface area contributed by atoms with Gasteiger partial charge >= 0.3 is 5.97 Å². The number of hydrogen-bond donors (Lipinski definition) is 0. The summed E-state index contributed by atoms with van der Waals surface area (Å²) in [6.07, 6.45) is 1.23. The van der Waals surface area contributed by atoms with Crippen molar-refractivity contribution in [2.24, 2.45) is 0 Å². The Bertz CT molecular complexity index is 442. The van der Waals surface area contributed by atoms with E-state index in [9.17, 15) is 13.2 Å². The van der Waals surface area contributed by atoms with Gasteiger partial charge in [-0.15, -0.1) is 0 Å². The molecule has 0 aromatic carbocycles. The molecule has 0 unspecified atom stereocenters. The van der Waals surface area contributed by atoms with Crippen molar-refractivity contribution in [3.8, 4) is 0 Å². The molecule has 1 rings (SSSR count). The molecule has 0 spiro atoms. The van der Waals surface area contributed by atoms with Gasteiger partial charge < -0.3 is 4.74 Å². The first-order chi connectivity index (χ1) is 8.36. The van der Waals surface area contributed by atoms with Crippen molar-refractivity contribution >= 4 is 16.0 Å². The van der Waals surface area contributed by atoms with E-state index in [-0.39, 0.29) is 0 Å². The predicted molar refractivity (Wildman–Crippen MR) is 74.2 cm³/mol. The average Bonchev–Trinajstić information content (AvgIpc) is 2.60. The molecule has 0 bridgehead atoms. The number of carbonyl (C=O) groups excluding carboxylic acids is 1. The van der Waals surface area contributed by atoms with Crippen LogP contribution in [-0.2, 0) is 19.6 Å². The van der Waals surface area contributed by atoms with Gasteiger partial charge in [0.25, 0.3) is 0 Å². The SMILES string of the molecule is CC(C)(C)OC(=O)[C@H]1CCCN1S(=O)(=O)C(C)(C)C. The molecule has 112 valence electrons. The van der Waals surface area contributed by atoms with Crippen LogP contribution in [0, 0.1) is 0 Å². The third-order valence-electron chi connectivity index (χ3n) is 2.97. The van der Waals surface area contributed by atoms with Gasteiger partial charge in [0.2, 0.25) is 10.0 Å². The number of esters is 1. The van der Waals surface area contributed by atoms with Gasteiger partial charge in [0.1, 0.15) is 11.6 Å². The Morgan fingerprint density at radius 2 is 1.68 bits per heavy atom. The van der Waals surface area contributed by atoms with Crippen molar-refractivity contribution in [1.82, 2.24) is 4.31 Å². The van der Waals surface area contributed by atoms with Crippen LogP contribution in [0.3, 0.4) is 0 Å². The minimum Gasteiger partial charge on any atom is -0.459 e. The normalized spacial score (nSPS) is 22.5. The van der Waals surface area contributed by atoms with Crippen LogP contribution in [0.1, 0.15) is 54.4 Å². The van der Waals surface area contributed by atoms with E-state index in [4.69, 9.17) is 4.74 Å². The average molecular weight is 291 g/mol. The number of hydrogen-bond acceptors (Lipinski definition) is 4. The maximum atomic E-state index is 12.5. The number of rotatable bonds is 2. The lowest BCUT2D eigenvalue weighted by atomic mass is 10.2. The number of carbonyl (C=O) groups is 1. The van der Waals surface area contributed by atoms with Crippen molar-refractivity contribution in [2.75, 3.05) is 6.54 Å². The van der Waals surface area contributed by atoms with Crippen LogP contribution in [0.25, 0.3) is 0 Å². The van der Waals surface area contributed by atoms with Crippen LogP contribution in [-0.4, -0.2) is 41.6 Å². The molecular formula is C13H25NO4S. The summed E-state index contributed by atoms with van der Waals surface area (Å²) in [5.41, 5.74) is -0.600. The quantitative estimate of drug-likeness (QED) is 0.729. The fourth-order valence-corrected chi connectivity index (χ4v) is 3.58. The molecular weight excluding hydrogens is 266 g/mol.